The fourth-order valence-corrected chi connectivity index (χ4v) is 1.05. The summed E-state index contributed by atoms with van der Waals surface area (Å²) in [4.78, 5) is 10.7. The molecule has 14 heavy (non-hydrogen) atoms. The topological polar surface area (TPSA) is 58.6 Å². The van der Waals surface area contributed by atoms with Crippen molar-refractivity contribution in [3.63, 3.8) is 0 Å². The maximum atomic E-state index is 10.7. The second-order valence-electron chi connectivity index (χ2n) is 2.80. The molecule has 1 aromatic carbocycles. The van der Waals surface area contributed by atoms with E-state index in [1.807, 2.05) is 18.2 Å². The summed E-state index contributed by atoms with van der Waals surface area (Å²) >= 11 is 0. The van der Waals surface area contributed by atoms with Crippen molar-refractivity contribution in [3.05, 3.63) is 35.9 Å². The van der Waals surface area contributed by atoms with Crippen molar-refractivity contribution < 1.29 is 14.6 Å². The Morgan fingerprint density at radius 1 is 1.50 bits per heavy atom. The Morgan fingerprint density at radius 3 is 2.71 bits per heavy atom. The van der Waals surface area contributed by atoms with Gasteiger partial charge < -0.3 is 15.2 Å². The van der Waals surface area contributed by atoms with Crippen molar-refractivity contribution in [2.24, 2.45) is 0 Å². The monoisotopic (exact) mass is 195 g/mol. The molecule has 1 rings (SSSR count). The molecular formula is C10H13NO3. The van der Waals surface area contributed by atoms with Gasteiger partial charge in [0.25, 0.3) is 0 Å². The van der Waals surface area contributed by atoms with Crippen LogP contribution in [0.4, 0.5) is 4.79 Å². The van der Waals surface area contributed by atoms with Crippen molar-refractivity contribution in [2.45, 2.75) is 6.10 Å². The largest absolute Gasteiger partial charge is 0.453 e. The minimum absolute atomic E-state index is 0.149. The second-order valence-corrected chi connectivity index (χ2v) is 2.80. The summed E-state index contributed by atoms with van der Waals surface area (Å²) < 4.78 is 4.38. The third-order valence-corrected chi connectivity index (χ3v) is 1.81. The summed E-state index contributed by atoms with van der Waals surface area (Å²) in [5.41, 5.74) is 0.768. The van der Waals surface area contributed by atoms with Crippen LogP contribution in [0.15, 0.2) is 30.3 Å². The third-order valence-electron chi connectivity index (χ3n) is 1.81. The molecule has 0 aliphatic rings. The quantitative estimate of drug-likeness (QED) is 0.758. The number of carbonyl (C=O) groups excluding carboxylic acids is 1. The number of ether oxygens (including phenoxy) is 1. The summed E-state index contributed by atoms with van der Waals surface area (Å²) in [6.45, 7) is 0.149. The second kappa shape index (κ2) is 5.24. The Morgan fingerprint density at radius 2 is 2.14 bits per heavy atom. The SMILES string of the molecule is COC(=O)NC[C@@H](O)c1ccccc1. The molecule has 0 unspecified atom stereocenters. The molecule has 0 saturated heterocycles. The van der Waals surface area contributed by atoms with E-state index in [4.69, 9.17) is 0 Å². The highest BCUT2D eigenvalue weighted by molar-refractivity contribution is 5.66. The Balaban J connectivity index is 2.43. The lowest BCUT2D eigenvalue weighted by atomic mass is 10.1. The summed E-state index contributed by atoms with van der Waals surface area (Å²) in [5.74, 6) is 0. The van der Waals surface area contributed by atoms with Crippen molar-refractivity contribution in [1.82, 2.24) is 5.32 Å². The summed E-state index contributed by atoms with van der Waals surface area (Å²) in [5, 5.41) is 12.0. The Kier molecular flexibility index (Phi) is 3.94. The maximum absolute atomic E-state index is 10.7. The molecule has 1 amide bonds. The molecule has 0 radical (unpaired) electrons. The van der Waals surface area contributed by atoms with Gasteiger partial charge in [0.1, 0.15) is 0 Å². The number of carbonyl (C=O) groups is 1. The van der Waals surface area contributed by atoms with Crippen molar-refractivity contribution in [1.29, 1.82) is 0 Å². The van der Waals surface area contributed by atoms with Gasteiger partial charge in [0.15, 0.2) is 0 Å². The lowest BCUT2D eigenvalue weighted by Gasteiger charge is -2.10. The first-order valence-corrected chi connectivity index (χ1v) is 4.29. The summed E-state index contributed by atoms with van der Waals surface area (Å²) in [7, 11) is 1.28. The predicted molar refractivity (Wildman–Crippen MR) is 51.8 cm³/mol. The van der Waals surface area contributed by atoms with Crippen LogP contribution in [0.5, 0.6) is 0 Å². The van der Waals surface area contributed by atoms with Crippen molar-refractivity contribution in [2.75, 3.05) is 13.7 Å². The van der Waals surface area contributed by atoms with E-state index in [0.29, 0.717) is 0 Å². The first-order chi connectivity index (χ1) is 6.74. The van der Waals surface area contributed by atoms with Crippen LogP contribution in [0.3, 0.4) is 0 Å². The molecule has 1 atom stereocenters. The van der Waals surface area contributed by atoms with Crippen LogP contribution in [-0.2, 0) is 4.74 Å². The van der Waals surface area contributed by atoms with Crippen molar-refractivity contribution in [3.8, 4) is 0 Å². The van der Waals surface area contributed by atoms with Gasteiger partial charge in [0.05, 0.1) is 19.8 Å². The fraction of sp³-hybridized carbons (Fsp3) is 0.300. The van der Waals surface area contributed by atoms with E-state index in [1.54, 1.807) is 12.1 Å². The van der Waals surface area contributed by atoms with Gasteiger partial charge in [0.2, 0.25) is 0 Å². The average molecular weight is 195 g/mol. The zero-order valence-corrected chi connectivity index (χ0v) is 7.93. The van der Waals surface area contributed by atoms with E-state index in [2.05, 4.69) is 10.1 Å². The van der Waals surface area contributed by atoms with E-state index in [-0.39, 0.29) is 6.54 Å². The maximum Gasteiger partial charge on any atom is 0.406 e. The third kappa shape index (κ3) is 3.06. The zero-order valence-electron chi connectivity index (χ0n) is 7.93. The first kappa shape index (κ1) is 10.5. The number of amides is 1. The standard InChI is InChI=1S/C10H13NO3/c1-14-10(13)11-7-9(12)8-5-3-2-4-6-8/h2-6,9,12H,7H2,1H3,(H,11,13)/t9-/m1/s1. The number of aliphatic hydroxyl groups excluding tert-OH is 1. The van der Waals surface area contributed by atoms with Gasteiger partial charge in [-0.1, -0.05) is 30.3 Å². The number of rotatable bonds is 3. The van der Waals surface area contributed by atoms with Gasteiger partial charge in [-0.15, -0.1) is 0 Å². The molecular weight excluding hydrogens is 182 g/mol. The lowest BCUT2D eigenvalue weighted by molar-refractivity contribution is 0.147. The Labute approximate surface area is 82.5 Å². The van der Waals surface area contributed by atoms with Gasteiger partial charge >= 0.3 is 6.09 Å². The van der Waals surface area contributed by atoms with Crippen LogP contribution >= 0.6 is 0 Å². The molecule has 0 saturated carbocycles. The summed E-state index contributed by atoms with van der Waals surface area (Å²) in [6, 6.07) is 9.12. The number of hydrogen-bond acceptors (Lipinski definition) is 3. The highest BCUT2D eigenvalue weighted by atomic mass is 16.5. The van der Waals surface area contributed by atoms with E-state index in [0.717, 1.165) is 5.56 Å². The number of alkyl carbamates (subject to hydrolysis) is 1. The number of benzene rings is 1. The molecule has 0 spiro atoms. The van der Waals surface area contributed by atoms with E-state index in [1.165, 1.54) is 7.11 Å². The number of hydrogen-bond donors (Lipinski definition) is 2. The zero-order chi connectivity index (χ0) is 10.4. The average Bonchev–Trinajstić information content (AvgIpc) is 2.26. The molecule has 0 aliphatic heterocycles. The molecule has 4 heteroatoms. The van der Waals surface area contributed by atoms with Crippen LogP contribution in [0, 0.1) is 0 Å². The molecule has 0 heterocycles. The fourth-order valence-electron chi connectivity index (χ4n) is 1.05. The van der Waals surface area contributed by atoms with Gasteiger partial charge in [-0.3, -0.25) is 0 Å². The molecule has 0 aromatic heterocycles. The van der Waals surface area contributed by atoms with E-state index < -0.39 is 12.2 Å². The van der Waals surface area contributed by atoms with Gasteiger partial charge in [0, 0.05) is 0 Å². The molecule has 0 aliphatic carbocycles. The molecule has 2 N–H and O–H groups in total. The Bertz CT molecular complexity index is 287. The van der Waals surface area contributed by atoms with Crippen LogP contribution in [0.25, 0.3) is 0 Å². The minimum Gasteiger partial charge on any atom is -0.453 e. The molecule has 1 aromatic rings. The van der Waals surface area contributed by atoms with Gasteiger partial charge in [-0.2, -0.15) is 0 Å². The first-order valence-electron chi connectivity index (χ1n) is 4.29. The van der Waals surface area contributed by atoms with Crippen LogP contribution in [-0.4, -0.2) is 24.9 Å². The highest BCUT2D eigenvalue weighted by Crippen LogP contribution is 2.10. The van der Waals surface area contributed by atoms with E-state index >= 15 is 0 Å². The minimum atomic E-state index is -0.699. The number of aliphatic hydroxyl groups is 1. The Hall–Kier alpha value is -1.55. The van der Waals surface area contributed by atoms with Gasteiger partial charge in [-0.05, 0) is 5.56 Å². The van der Waals surface area contributed by atoms with Crippen LogP contribution in [0.1, 0.15) is 11.7 Å². The van der Waals surface area contributed by atoms with Crippen LogP contribution in [0.2, 0.25) is 0 Å². The number of nitrogens with one attached hydrogen (secondary N) is 1. The van der Waals surface area contributed by atoms with E-state index in [9.17, 15) is 9.90 Å². The summed E-state index contributed by atoms with van der Waals surface area (Å²) in [6.07, 6.45) is -1.24. The lowest BCUT2D eigenvalue weighted by Crippen LogP contribution is -2.28. The molecule has 76 valence electrons. The predicted octanol–water partition coefficient (Wildman–Crippen LogP) is 1.08. The molecule has 0 bridgehead atoms. The highest BCUT2D eigenvalue weighted by Gasteiger charge is 2.08. The van der Waals surface area contributed by atoms with Gasteiger partial charge in [-0.25, -0.2) is 4.79 Å². The van der Waals surface area contributed by atoms with Crippen LogP contribution < -0.4 is 5.32 Å². The normalized spacial score (nSPS) is 11.9. The smallest absolute Gasteiger partial charge is 0.406 e. The number of methoxy groups -OCH3 is 1. The molecule has 0 fully saturated rings. The van der Waals surface area contributed by atoms with Crippen molar-refractivity contribution >= 4 is 6.09 Å². The molecule has 4 nitrogen and oxygen atoms in total.